The second-order valence-corrected chi connectivity index (χ2v) is 6.95. The molecule has 0 aliphatic carbocycles. The van der Waals surface area contributed by atoms with Crippen LogP contribution in [0.2, 0.25) is 0 Å². The maximum atomic E-state index is 14.2. The molecule has 0 aliphatic rings. The van der Waals surface area contributed by atoms with Gasteiger partial charge in [0.05, 0.1) is 25.9 Å². The molecule has 0 spiro atoms. The maximum Gasteiger partial charge on any atom is 0.224 e. The molecule has 0 N–H and O–H groups in total. The van der Waals surface area contributed by atoms with Crippen molar-refractivity contribution in [2.45, 2.75) is 13.5 Å². The molecule has 168 valence electrons. The number of hydrogen-bond acceptors (Lipinski definition) is 5. The van der Waals surface area contributed by atoms with Crippen molar-refractivity contribution in [2.24, 2.45) is 0 Å². The summed E-state index contributed by atoms with van der Waals surface area (Å²) < 4.78 is 36.4. The van der Waals surface area contributed by atoms with E-state index in [0.717, 1.165) is 0 Å². The van der Waals surface area contributed by atoms with Gasteiger partial charge >= 0.3 is 0 Å². The smallest absolute Gasteiger partial charge is 0.224 e. The first-order chi connectivity index (χ1) is 15.5. The minimum absolute atomic E-state index is 0.128. The molecule has 7 heteroatoms. The van der Waals surface area contributed by atoms with E-state index in [1.807, 2.05) is 18.2 Å². The molecule has 0 aromatic heterocycles. The fourth-order valence-electron chi connectivity index (χ4n) is 3.12. The van der Waals surface area contributed by atoms with Gasteiger partial charge in [0.1, 0.15) is 29.7 Å². The molecule has 0 saturated carbocycles. The van der Waals surface area contributed by atoms with E-state index in [2.05, 4.69) is 0 Å². The van der Waals surface area contributed by atoms with Gasteiger partial charge in [-0.2, -0.15) is 0 Å². The van der Waals surface area contributed by atoms with Crippen molar-refractivity contribution in [2.75, 3.05) is 32.3 Å². The Morgan fingerprint density at radius 3 is 2.34 bits per heavy atom. The predicted octanol–water partition coefficient (Wildman–Crippen LogP) is 5.20. The number of nitrogens with zero attached hydrogens (tertiary/aromatic N) is 1. The summed E-state index contributed by atoms with van der Waals surface area (Å²) in [6.07, 6.45) is 0. The highest BCUT2D eigenvalue weighted by molar-refractivity contribution is 5.93. The van der Waals surface area contributed by atoms with Crippen LogP contribution in [0.4, 0.5) is 10.1 Å². The van der Waals surface area contributed by atoms with Crippen molar-refractivity contribution in [1.82, 2.24) is 0 Å². The molecule has 0 atom stereocenters. The predicted molar refractivity (Wildman–Crippen MR) is 120 cm³/mol. The molecule has 1 amide bonds. The molecule has 0 radical (unpaired) electrons. The second kappa shape index (κ2) is 11.2. The molecule has 0 heterocycles. The highest BCUT2D eigenvalue weighted by Gasteiger charge is 2.21. The van der Waals surface area contributed by atoms with E-state index in [1.54, 1.807) is 44.6 Å². The van der Waals surface area contributed by atoms with E-state index < -0.39 is 5.82 Å². The van der Waals surface area contributed by atoms with Crippen LogP contribution in [0.15, 0.2) is 66.7 Å². The third kappa shape index (κ3) is 5.98. The topological polar surface area (TPSA) is 57.2 Å². The Hall–Kier alpha value is -3.58. The first-order valence-corrected chi connectivity index (χ1v) is 10.1. The Labute approximate surface area is 187 Å². The number of rotatable bonds is 10. The fraction of sp³-hybridized carbons (Fsp3) is 0.240. The molecule has 0 bridgehead atoms. The van der Waals surface area contributed by atoms with Crippen LogP contribution in [-0.2, 0) is 16.1 Å². The quantitative estimate of drug-likeness (QED) is 0.406. The van der Waals surface area contributed by atoms with Gasteiger partial charge in [-0.3, -0.25) is 4.79 Å². The van der Waals surface area contributed by atoms with E-state index in [-0.39, 0.29) is 12.5 Å². The first kappa shape index (κ1) is 23.1. The Morgan fingerprint density at radius 2 is 1.66 bits per heavy atom. The van der Waals surface area contributed by atoms with Gasteiger partial charge in [0.25, 0.3) is 0 Å². The highest BCUT2D eigenvalue weighted by Crippen LogP contribution is 2.35. The zero-order valence-corrected chi connectivity index (χ0v) is 18.3. The van der Waals surface area contributed by atoms with Crippen molar-refractivity contribution < 1.29 is 28.1 Å². The largest absolute Gasteiger partial charge is 0.497 e. The number of amides is 1. The SMILES string of the molecule is COCCOc1ccc(OC)cc1CN(C(C)=O)c1cc(F)ccc1Oc1ccccc1. The van der Waals surface area contributed by atoms with E-state index in [0.29, 0.717) is 47.5 Å². The lowest BCUT2D eigenvalue weighted by Gasteiger charge is -2.25. The third-order valence-corrected chi connectivity index (χ3v) is 4.70. The first-order valence-electron chi connectivity index (χ1n) is 10.1. The number of carbonyl (C=O) groups excluding carboxylic acids is 1. The van der Waals surface area contributed by atoms with Crippen LogP contribution < -0.4 is 19.1 Å². The van der Waals surface area contributed by atoms with Crippen LogP contribution in [0, 0.1) is 5.82 Å². The molecule has 3 aromatic rings. The number of para-hydroxylation sites is 1. The Balaban J connectivity index is 1.97. The Bertz CT molecular complexity index is 1040. The lowest BCUT2D eigenvalue weighted by atomic mass is 10.1. The van der Waals surface area contributed by atoms with Crippen molar-refractivity contribution in [3.8, 4) is 23.0 Å². The summed E-state index contributed by atoms with van der Waals surface area (Å²) in [6.45, 7) is 2.31. The van der Waals surface area contributed by atoms with Gasteiger partial charge in [0.15, 0.2) is 5.75 Å². The number of halogens is 1. The van der Waals surface area contributed by atoms with Gasteiger partial charge in [-0.15, -0.1) is 0 Å². The molecule has 0 fully saturated rings. The lowest BCUT2D eigenvalue weighted by molar-refractivity contribution is -0.116. The minimum Gasteiger partial charge on any atom is -0.497 e. The van der Waals surface area contributed by atoms with E-state index in [9.17, 15) is 9.18 Å². The molecular formula is C25H26FNO5. The molecule has 32 heavy (non-hydrogen) atoms. The number of anilines is 1. The summed E-state index contributed by atoms with van der Waals surface area (Å²) in [6, 6.07) is 18.5. The van der Waals surface area contributed by atoms with Crippen molar-refractivity contribution in [3.05, 3.63) is 78.1 Å². The van der Waals surface area contributed by atoms with Crippen LogP contribution in [-0.4, -0.2) is 33.3 Å². The third-order valence-electron chi connectivity index (χ3n) is 4.70. The molecule has 3 aromatic carbocycles. The standard InChI is InChI=1S/C25H26FNO5/c1-18(28)27(17-19-15-22(30-3)10-12-24(19)31-14-13-29-2)23-16-20(26)9-11-25(23)32-21-7-5-4-6-8-21/h4-12,15-16H,13-14,17H2,1-3H3. The number of hydrogen-bond donors (Lipinski definition) is 0. The van der Waals surface area contributed by atoms with Crippen LogP contribution in [0.25, 0.3) is 0 Å². The lowest BCUT2D eigenvalue weighted by Crippen LogP contribution is -2.28. The van der Waals surface area contributed by atoms with Crippen LogP contribution in [0.1, 0.15) is 12.5 Å². The van der Waals surface area contributed by atoms with Crippen LogP contribution in [0.3, 0.4) is 0 Å². The summed E-state index contributed by atoms with van der Waals surface area (Å²) in [5.74, 6) is 1.37. The molecular weight excluding hydrogens is 413 g/mol. The summed E-state index contributed by atoms with van der Waals surface area (Å²) >= 11 is 0. The maximum absolute atomic E-state index is 14.2. The van der Waals surface area contributed by atoms with Crippen LogP contribution in [0.5, 0.6) is 23.0 Å². The summed E-state index contributed by atoms with van der Waals surface area (Å²) in [4.78, 5) is 14.1. The normalized spacial score (nSPS) is 10.5. The molecule has 6 nitrogen and oxygen atoms in total. The molecule has 0 saturated heterocycles. The number of ether oxygens (including phenoxy) is 4. The average molecular weight is 439 g/mol. The van der Waals surface area contributed by atoms with Crippen molar-refractivity contribution in [3.63, 3.8) is 0 Å². The number of benzene rings is 3. The zero-order chi connectivity index (χ0) is 22.9. The average Bonchev–Trinajstić information content (AvgIpc) is 2.80. The second-order valence-electron chi connectivity index (χ2n) is 6.95. The number of methoxy groups -OCH3 is 2. The van der Waals surface area contributed by atoms with Crippen LogP contribution >= 0.6 is 0 Å². The van der Waals surface area contributed by atoms with Gasteiger partial charge in [-0.25, -0.2) is 4.39 Å². The minimum atomic E-state index is -0.478. The summed E-state index contributed by atoms with van der Waals surface area (Å²) in [7, 11) is 3.15. The Kier molecular flexibility index (Phi) is 8.05. The van der Waals surface area contributed by atoms with E-state index in [4.69, 9.17) is 18.9 Å². The van der Waals surface area contributed by atoms with E-state index >= 15 is 0 Å². The van der Waals surface area contributed by atoms with Crippen molar-refractivity contribution in [1.29, 1.82) is 0 Å². The summed E-state index contributed by atoms with van der Waals surface area (Å²) in [5.41, 5.74) is 1.01. The molecule has 3 rings (SSSR count). The van der Waals surface area contributed by atoms with Gasteiger partial charge in [0, 0.05) is 25.7 Å². The van der Waals surface area contributed by atoms with Gasteiger partial charge < -0.3 is 23.8 Å². The zero-order valence-electron chi connectivity index (χ0n) is 18.3. The fourth-order valence-corrected chi connectivity index (χ4v) is 3.12. The van der Waals surface area contributed by atoms with Crippen molar-refractivity contribution >= 4 is 11.6 Å². The van der Waals surface area contributed by atoms with Gasteiger partial charge in [-0.05, 0) is 42.5 Å². The highest BCUT2D eigenvalue weighted by atomic mass is 19.1. The van der Waals surface area contributed by atoms with Gasteiger partial charge in [-0.1, -0.05) is 18.2 Å². The molecule has 0 aliphatic heterocycles. The summed E-state index contributed by atoms with van der Waals surface area (Å²) in [5, 5.41) is 0. The number of carbonyl (C=O) groups is 1. The Morgan fingerprint density at radius 1 is 0.906 bits per heavy atom. The monoisotopic (exact) mass is 439 g/mol. The van der Waals surface area contributed by atoms with Gasteiger partial charge in [0.2, 0.25) is 5.91 Å². The molecule has 0 unspecified atom stereocenters. The van der Waals surface area contributed by atoms with E-state index in [1.165, 1.54) is 30.0 Å².